The number of para-hydroxylation sites is 4. The van der Waals surface area contributed by atoms with Crippen molar-refractivity contribution in [1.82, 2.24) is 0 Å². The van der Waals surface area contributed by atoms with Crippen molar-refractivity contribution in [2.24, 2.45) is 0 Å². The Bertz CT molecular complexity index is 3670. The molecule has 10 aromatic carbocycles. The molecule has 2 heterocycles. The summed E-state index contributed by atoms with van der Waals surface area (Å²) in [7, 11) is 0. The van der Waals surface area contributed by atoms with Crippen molar-refractivity contribution >= 4 is 78.0 Å². The molecular weight excluding hydrogens is 853 g/mol. The topological polar surface area (TPSA) is 32.8 Å². The van der Waals surface area contributed by atoms with Gasteiger partial charge in [0.05, 0.1) is 11.4 Å². The Morgan fingerprint density at radius 2 is 0.586 bits per heavy atom. The van der Waals surface area contributed by atoms with Crippen LogP contribution in [0.5, 0.6) is 0 Å². The van der Waals surface area contributed by atoms with Crippen molar-refractivity contribution in [3.8, 4) is 33.4 Å². The molecule has 12 aromatic rings. The molecule has 0 saturated carbocycles. The van der Waals surface area contributed by atoms with Gasteiger partial charge in [-0.1, -0.05) is 121 Å². The van der Waals surface area contributed by atoms with Gasteiger partial charge in [-0.15, -0.1) is 0 Å². The van der Waals surface area contributed by atoms with Crippen LogP contribution in [0.1, 0.15) is 33.4 Å². The van der Waals surface area contributed by atoms with Gasteiger partial charge in [0.2, 0.25) is 0 Å². The van der Waals surface area contributed by atoms with Crippen molar-refractivity contribution in [2.45, 2.75) is 41.5 Å². The van der Waals surface area contributed by atoms with Crippen LogP contribution in [0.3, 0.4) is 0 Å². The summed E-state index contributed by atoms with van der Waals surface area (Å²) in [6.45, 7) is 13.3. The molecule has 0 aliphatic carbocycles. The van der Waals surface area contributed by atoms with Crippen LogP contribution in [0.4, 0.5) is 34.1 Å². The Morgan fingerprint density at radius 1 is 0.257 bits per heavy atom. The van der Waals surface area contributed by atoms with Gasteiger partial charge in [0, 0.05) is 44.3 Å². The minimum atomic E-state index is 0.906. The van der Waals surface area contributed by atoms with Gasteiger partial charge < -0.3 is 18.6 Å². The van der Waals surface area contributed by atoms with Crippen LogP contribution in [-0.2, 0) is 0 Å². The molecule has 338 valence electrons. The summed E-state index contributed by atoms with van der Waals surface area (Å²) < 4.78 is 12.3. The summed E-state index contributed by atoms with van der Waals surface area (Å²) in [5.74, 6) is 0. The number of hydrogen-bond donors (Lipinski definition) is 0. The molecule has 4 nitrogen and oxygen atoms in total. The van der Waals surface area contributed by atoms with E-state index in [1.54, 1.807) is 0 Å². The second kappa shape index (κ2) is 17.2. The number of furan rings is 2. The van der Waals surface area contributed by atoms with Gasteiger partial charge in [0.25, 0.3) is 0 Å². The van der Waals surface area contributed by atoms with Gasteiger partial charge in [-0.25, -0.2) is 0 Å². The molecule has 0 spiro atoms. The van der Waals surface area contributed by atoms with Crippen molar-refractivity contribution in [3.05, 3.63) is 240 Å². The third-order valence-corrected chi connectivity index (χ3v) is 14.2. The van der Waals surface area contributed by atoms with Crippen LogP contribution in [0.2, 0.25) is 0 Å². The average Bonchev–Trinajstić information content (AvgIpc) is 3.95. The molecule has 0 aliphatic heterocycles. The Balaban J connectivity index is 0.881. The molecular formula is C66H52N2O2. The molecule has 0 radical (unpaired) electrons. The first-order chi connectivity index (χ1) is 34.2. The fourth-order valence-corrected chi connectivity index (χ4v) is 10.7. The summed E-state index contributed by atoms with van der Waals surface area (Å²) in [6.07, 6.45) is 0. The van der Waals surface area contributed by atoms with Crippen LogP contribution in [0, 0.1) is 41.5 Å². The molecule has 0 amide bonds. The highest BCUT2D eigenvalue weighted by atomic mass is 16.3. The van der Waals surface area contributed by atoms with E-state index in [-0.39, 0.29) is 0 Å². The summed E-state index contributed by atoms with van der Waals surface area (Å²) >= 11 is 0. The molecule has 0 aliphatic rings. The number of anilines is 6. The highest BCUT2D eigenvalue weighted by Gasteiger charge is 2.22. The van der Waals surface area contributed by atoms with Crippen molar-refractivity contribution in [3.63, 3.8) is 0 Å². The van der Waals surface area contributed by atoms with E-state index in [1.807, 2.05) is 24.3 Å². The summed E-state index contributed by atoms with van der Waals surface area (Å²) in [5, 5.41) is 4.54. The Kier molecular flexibility index (Phi) is 10.5. The minimum Gasteiger partial charge on any atom is -0.456 e. The van der Waals surface area contributed by atoms with Gasteiger partial charge in [0.15, 0.2) is 0 Å². The van der Waals surface area contributed by atoms with Crippen molar-refractivity contribution < 1.29 is 8.83 Å². The zero-order valence-corrected chi connectivity index (χ0v) is 40.3. The first kappa shape index (κ1) is 42.7. The standard InChI is InChI=1S/C66H52N2O2/c1-41-13-11-14-42(2)65(41)67(53-29-21-47(22-30-53)51-27-35-63-57(39-51)55-17-7-9-19-61(55)69-63)59-33-25-49(37-45(59)5)50-26-34-60(46(6)38-50)68(66-43(3)15-12-16-44(66)4)54-31-23-48(24-32-54)52-28-36-64-58(40-52)56-18-8-10-20-62(56)70-64/h7-40H,1-6H3. The van der Waals surface area contributed by atoms with Crippen LogP contribution in [0.25, 0.3) is 77.3 Å². The van der Waals surface area contributed by atoms with E-state index in [1.165, 1.54) is 55.9 Å². The molecule has 2 aromatic heterocycles. The average molecular weight is 905 g/mol. The lowest BCUT2D eigenvalue weighted by atomic mass is 9.97. The number of aryl methyl sites for hydroxylation is 6. The van der Waals surface area contributed by atoms with E-state index in [4.69, 9.17) is 8.83 Å². The second-order valence-corrected chi connectivity index (χ2v) is 18.9. The number of hydrogen-bond acceptors (Lipinski definition) is 4. The summed E-state index contributed by atoms with van der Waals surface area (Å²) in [6, 6.07) is 74.5. The van der Waals surface area contributed by atoms with Gasteiger partial charge in [-0.05, 0) is 193 Å². The maximum Gasteiger partial charge on any atom is 0.135 e. The molecule has 4 heteroatoms. The van der Waals surface area contributed by atoms with Crippen LogP contribution >= 0.6 is 0 Å². The smallest absolute Gasteiger partial charge is 0.135 e. The number of fused-ring (bicyclic) bond motifs is 6. The maximum absolute atomic E-state index is 6.14. The molecule has 0 fully saturated rings. The van der Waals surface area contributed by atoms with Crippen molar-refractivity contribution in [2.75, 3.05) is 9.80 Å². The quantitative estimate of drug-likeness (QED) is 0.144. The van der Waals surface area contributed by atoms with Gasteiger partial charge in [0.1, 0.15) is 22.3 Å². The number of nitrogens with zero attached hydrogens (tertiary/aromatic N) is 2. The zero-order valence-electron chi connectivity index (χ0n) is 40.3. The highest BCUT2D eigenvalue weighted by Crippen LogP contribution is 2.45. The Morgan fingerprint density at radius 3 is 0.971 bits per heavy atom. The van der Waals surface area contributed by atoms with E-state index in [2.05, 4.69) is 233 Å². The number of rotatable bonds is 9. The first-order valence-electron chi connectivity index (χ1n) is 24.1. The molecule has 0 saturated heterocycles. The molecule has 0 unspecified atom stereocenters. The fraction of sp³-hybridized carbons (Fsp3) is 0.0909. The van der Waals surface area contributed by atoms with Gasteiger partial charge in [-0.2, -0.15) is 0 Å². The van der Waals surface area contributed by atoms with E-state index in [0.717, 1.165) is 88.9 Å². The van der Waals surface area contributed by atoms with Crippen LogP contribution in [0.15, 0.2) is 215 Å². The van der Waals surface area contributed by atoms with Crippen LogP contribution < -0.4 is 9.80 Å². The van der Waals surface area contributed by atoms with E-state index >= 15 is 0 Å². The predicted molar refractivity (Wildman–Crippen MR) is 295 cm³/mol. The largest absolute Gasteiger partial charge is 0.456 e. The van der Waals surface area contributed by atoms with Crippen molar-refractivity contribution in [1.29, 1.82) is 0 Å². The van der Waals surface area contributed by atoms with Crippen LogP contribution in [-0.4, -0.2) is 0 Å². The summed E-state index contributed by atoms with van der Waals surface area (Å²) in [4.78, 5) is 4.86. The maximum atomic E-state index is 6.14. The molecule has 0 N–H and O–H groups in total. The zero-order chi connectivity index (χ0) is 47.6. The summed E-state index contributed by atoms with van der Waals surface area (Å²) in [5.41, 5.74) is 24.9. The SMILES string of the molecule is Cc1cc(-c2ccc(N(c3ccc(-c4ccc5oc6ccccc6c5c4)cc3)c3c(C)cccc3C)c(C)c2)ccc1N(c1ccc(-c2ccc3oc4ccccc4c3c2)cc1)c1c(C)cccc1C. The minimum absolute atomic E-state index is 0.906. The number of benzene rings is 10. The fourth-order valence-electron chi connectivity index (χ4n) is 10.7. The monoisotopic (exact) mass is 904 g/mol. The molecule has 0 bridgehead atoms. The van der Waals surface area contributed by atoms with E-state index in [0.29, 0.717) is 0 Å². The second-order valence-electron chi connectivity index (χ2n) is 18.9. The third-order valence-electron chi connectivity index (χ3n) is 14.2. The van der Waals surface area contributed by atoms with E-state index in [9.17, 15) is 0 Å². The lowest BCUT2D eigenvalue weighted by Gasteiger charge is -2.31. The van der Waals surface area contributed by atoms with Gasteiger partial charge >= 0.3 is 0 Å². The van der Waals surface area contributed by atoms with E-state index < -0.39 is 0 Å². The van der Waals surface area contributed by atoms with Gasteiger partial charge in [-0.3, -0.25) is 0 Å². The lowest BCUT2D eigenvalue weighted by molar-refractivity contribution is 0.668. The predicted octanol–water partition coefficient (Wildman–Crippen LogP) is 19.3. The first-order valence-corrected chi connectivity index (χ1v) is 24.1. The highest BCUT2D eigenvalue weighted by molar-refractivity contribution is 6.07. The lowest BCUT2D eigenvalue weighted by Crippen LogP contribution is -2.14. The third kappa shape index (κ3) is 7.41. The molecule has 12 rings (SSSR count). The Hall–Kier alpha value is -8.60. The molecule has 70 heavy (non-hydrogen) atoms. The normalized spacial score (nSPS) is 11.6. The molecule has 0 atom stereocenters. The Labute approximate surface area is 409 Å².